The van der Waals surface area contributed by atoms with Crippen molar-refractivity contribution in [3.8, 4) is 5.75 Å². The summed E-state index contributed by atoms with van der Waals surface area (Å²) in [6.07, 6.45) is -0.930. The highest BCUT2D eigenvalue weighted by Gasteiger charge is 2.29. The Morgan fingerprint density at radius 2 is 2.00 bits per heavy atom. The molecule has 0 fully saturated rings. The molecule has 0 radical (unpaired) electrons. The highest BCUT2D eigenvalue weighted by atomic mass is 79.9. The second-order valence-electron chi connectivity index (χ2n) is 5.58. The van der Waals surface area contributed by atoms with Crippen molar-refractivity contribution in [3.05, 3.63) is 32.3 Å². The quantitative estimate of drug-likeness (QED) is 0.599. The average Bonchev–Trinajstić information content (AvgIpc) is 2.35. The van der Waals surface area contributed by atoms with Crippen LogP contribution in [0.2, 0.25) is 0 Å². The van der Waals surface area contributed by atoms with Gasteiger partial charge in [0, 0.05) is 16.1 Å². The molecule has 0 saturated carbocycles. The molecule has 1 unspecified atom stereocenters. The zero-order chi connectivity index (χ0) is 16.4. The molecular weight excluding hydrogens is 342 g/mol. The SMILES string of the molecule is CC(C)C(C)(O)COc1c([C@H](C)O)cc(Br)cc1[N+](=O)[O-]. The Morgan fingerprint density at radius 3 is 2.43 bits per heavy atom. The molecule has 6 nitrogen and oxygen atoms in total. The minimum atomic E-state index is -1.13. The molecule has 0 heterocycles. The Labute approximate surface area is 132 Å². The minimum absolute atomic E-state index is 0.0147. The molecule has 0 amide bonds. The topological polar surface area (TPSA) is 92.8 Å². The molecule has 1 aromatic carbocycles. The molecule has 2 atom stereocenters. The Bertz CT molecular complexity index is 528. The van der Waals surface area contributed by atoms with Gasteiger partial charge in [-0.25, -0.2) is 0 Å². The number of hydrogen-bond acceptors (Lipinski definition) is 5. The van der Waals surface area contributed by atoms with Crippen molar-refractivity contribution < 1.29 is 19.9 Å². The van der Waals surface area contributed by atoms with Crippen molar-refractivity contribution in [2.75, 3.05) is 6.61 Å². The molecule has 1 aromatic rings. The van der Waals surface area contributed by atoms with Crippen molar-refractivity contribution >= 4 is 21.6 Å². The second kappa shape index (κ2) is 6.72. The van der Waals surface area contributed by atoms with E-state index in [2.05, 4.69) is 15.9 Å². The van der Waals surface area contributed by atoms with Crippen molar-refractivity contribution in [2.45, 2.75) is 39.4 Å². The molecule has 118 valence electrons. The lowest BCUT2D eigenvalue weighted by molar-refractivity contribution is -0.386. The highest BCUT2D eigenvalue weighted by Crippen LogP contribution is 2.38. The largest absolute Gasteiger partial charge is 0.483 e. The molecule has 0 aliphatic heterocycles. The van der Waals surface area contributed by atoms with E-state index < -0.39 is 16.6 Å². The third-order valence-electron chi connectivity index (χ3n) is 3.46. The lowest BCUT2D eigenvalue weighted by Crippen LogP contribution is -2.38. The number of nitro groups is 1. The van der Waals surface area contributed by atoms with Gasteiger partial charge in [-0.2, -0.15) is 0 Å². The first-order valence-corrected chi connectivity index (χ1v) is 7.36. The molecule has 0 saturated heterocycles. The molecule has 0 bridgehead atoms. The van der Waals surface area contributed by atoms with Crippen LogP contribution in [0.4, 0.5) is 5.69 Å². The van der Waals surface area contributed by atoms with E-state index >= 15 is 0 Å². The fourth-order valence-electron chi connectivity index (χ4n) is 1.59. The fraction of sp³-hybridized carbons (Fsp3) is 0.571. The van der Waals surface area contributed by atoms with Gasteiger partial charge in [0.2, 0.25) is 5.75 Å². The van der Waals surface area contributed by atoms with Crippen LogP contribution in [0, 0.1) is 16.0 Å². The number of ether oxygens (including phenoxy) is 1. The van der Waals surface area contributed by atoms with E-state index in [1.54, 1.807) is 13.0 Å². The molecule has 2 N–H and O–H groups in total. The van der Waals surface area contributed by atoms with E-state index in [0.29, 0.717) is 10.0 Å². The summed E-state index contributed by atoms with van der Waals surface area (Å²) in [5.41, 5.74) is -1.08. The van der Waals surface area contributed by atoms with E-state index in [4.69, 9.17) is 4.74 Å². The number of hydrogen-bond donors (Lipinski definition) is 2. The van der Waals surface area contributed by atoms with Gasteiger partial charge in [0.15, 0.2) is 0 Å². The monoisotopic (exact) mass is 361 g/mol. The molecule has 21 heavy (non-hydrogen) atoms. The fourth-order valence-corrected chi connectivity index (χ4v) is 2.05. The number of nitrogens with zero attached hydrogens (tertiary/aromatic N) is 1. The summed E-state index contributed by atoms with van der Waals surface area (Å²) >= 11 is 3.18. The van der Waals surface area contributed by atoms with E-state index in [1.165, 1.54) is 13.0 Å². The average molecular weight is 362 g/mol. The first-order chi connectivity index (χ1) is 9.56. The smallest absolute Gasteiger partial charge is 0.312 e. The lowest BCUT2D eigenvalue weighted by atomic mass is 9.93. The van der Waals surface area contributed by atoms with Gasteiger partial charge in [0.25, 0.3) is 0 Å². The van der Waals surface area contributed by atoms with Crippen molar-refractivity contribution in [2.24, 2.45) is 5.92 Å². The number of halogens is 1. The Kier molecular flexibility index (Phi) is 5.72. The summed E-state index contributed by atoms with van der Waals surface area (Å²) in [6, 6.07) is 2.88. The molecule has 0 aliphatic rings. The maximum Gasteiger partial charge on any atom is 0.312 e. The lowest BCUT2D eigenvalue weighted by Gasteiger charge is -2.28. The number of benzene rings is 1. The molecule has 0 spiro atoms. The second-order valence-corrected chi connectivity index (χ2v) is 6.49. The van der Waals surface area contributed by atoms with Crippen LogP contribution in [-0.2, 0) is 0 Å². The van der Waals surface area contributed by atoms with Gasteiger partial charge in [0.05, 0.1) is 16.6 Å². The molecule has 0 aromatic heterocycles. The summed E-state index contributed by atoms with van der Waals surface area (Å²) in [5, 5.41) is 31.2. The summed E-state index contributed by atoms with van der Waals surface area (Å²) in [4.78, 5) is 10.6. The zero-order valence-electron chi connectivity index (χ0n) is 12.5. The first-order valence-electron chi connectivity index (χ1n) is 6.57. The molecule has 1 rings (SSSR count). The number of rotatable bonds is 6. The van der Waals surface area contributed by atoms with Crippen LogP contribution in [0.1, 0.15) is 39.4 Å². The summed E-state index contributed by atoms with van der Waals surface area (Å²) in [6.45, 7) is 6.65. The number of nitro benzene ring substituents is 1. The van der Waals surface area contributed by atoms with E-state index in [9.17, 15) is 20.3 Å². The van der Waals surface area contributed by atoms with E-state index in [1.807, 2.05) is 13.8 Å². The van der Waals surface area contributed by atoms with Crippen molar-refractivity contribution in [3.63, 3.8) is 0 Å². The van der Waals surface area contributed by atoms with Gasteiger partial charge in [-0.15, -0.1) is 0 Å². The maximum absolute atomic E-state index is 11.2. The normalized spacial score (nSPS) is 15.6. The van der Waals surface area contributed by atoms with Crippen LogP contribution in [0.15, 0.2) is 16.6 Å². The standard InChI is InChI=1S/C14H20BrNO5/c1-8(2)14(4,18)7-21-13-11(9(3)17)5-10(15)6-12(13)16(19)20/h5-6,8-9,17-18H,7H2,1-4H3/t9-,14?/m0/s1. The van der Waals surface area contributed by atoms with Gasteiger partial charge >= 0.3 is 5.69 Å². The van der Waals surface area contributed by atoms with Crippen molar-refractivity contribution in [1.29, 1.82) is 0 Å². The highest BCUT2D eigenvalue weighted by molar-refractivity contribution is 9.10. The molecule has 7 heteroatoms. The van der Waals surface area contributed by atoms with Gasteiger partial charge in [0.1, 0.15) is 6.61 Å². The van der Waals surface area contributed by atoms with Gasteiger partial charge < -0.3 is 14.9 Å². The maximum atomic E-state index is 11.2. The first kappa shape index (κ1) is 17.9. The van der Waals surface area contributed by atoms with Crippen LogP contribution < -0.4 is 4.74 Å². The van der Waals surface area contributed by atoms with Crippen LogP contribution in [0.5, 0.6) is 5.75 Å². The van der Waals surface area contributed by atoms with Gasteiger partial charge in [-0.05, 0) is 25.8 Å². The Hall–Kier alpha value is -1.18. The van der Waals surface area contributed by atoms with Crippen molar-refractivity contribution in [1.82, 2.24) is 0 Å². The minimum Gasteiger partial charge on any atom is -0.483 e. The van der Waals surface area contributed by atoms with Crippen LogP contribution >= 0.6 is 15.9 Å². The van der Waals surface area contributed by atoms with E-state index in [0.717, 1.165) is 0 Å². The Morgan fingerprint density at radius 1 is 1.43 bits per heavy atom. The van der Waals surface area contributed by atoms with E-state index in [-0.39, 0.29) is 24.0 Å². The molecule has 0 aliphatic carbocycles. The summed E-state index contributed by atoms with van der Waals surface area (Å²) in [7, 11) is 0. The van der Waals surface area contributed by atoms with Gasteiger partial charge in [-0.3, -0.25) is 10.1 Å². The number of aliphatic hydroxyl groups excluding tert-OH is 1. The predicted octanol–water partition coefficient (Wildman–Crippen LogP) is 3.20. The summed E-state index contributed by atoms with van der Waals surface area (Å²) in [5.74, 6) is -0.0962. The number of aliphatic hydroxyl groups is 2. The van der Waals surface area contributed by atoms with Gasteiger partial charge in [-0.1, -0.05) is 29.8 Å². The third kappa shape index (κ3) is 4.39. The Balaban J connectivity index is 3.23. The van der Waals surface area contributed by atoms with Crippen LogP contribution in [0.3, 0.4) is 0 Å². The third-order valence-corrected chi connectivity index (χ3v) is 3.92. The molecular formula is C14H20BrNO5. The summed E-state index contributed by atoms with van der Waals surface area (Å²) < 4.78 is 5.98. The predicted molar refractivity (Wildman–Crippen MR) is 82.4 cm³/mol. The van der Waals surface area contributed by atoms with Crippen LogP contribution in [0.25, 0.3) is 0 Å². The zero-order valence-corrected chi connectivity index (χ0v) is 14.0. The van der Waals surface area contributed by atoms with Crippen LogP contribution in [-0.4, -0.2) is 27.3 Å².